The summed E-state index contributed by atoms with van der Waals surface area (Å²) in [6, 6.07) is 13.8. The molecule has 2 aromatic carbocycles. The molecule has 1 unspecified atom stereocenters. The molecule has 1 aliphatic heterocycles. The topological polar surface area (TPSA) is 38.8 Å². The van der Waals surface area contributed by atoms with Gasteiger partial charge in [0.1, 0.15) is 0 Å². The largest absolute Gasteiger partial charge is 0.490 e. The molecule has 1 atom stereocenters. The SMILES string of the molecule is CCOc1cc2c(cc1OCC)C(=O)C(F)(CC1CCN(c3ccccc3)CC1)C2. The number of hydrogen-bond donors (Lipinski definition) is 0. The Hall–Kier alpha value is -2.56. The minimum Gasteiger partial charge on any atom is -0.490 e. The van der Waals surface area contributed by atoms with Gasteiger partial charge in [-0.2, -0.15) is 0 Å². The zero-order chi connectivity index (χ0) is 21.1. The fourth-order valence-electron chi connectivity index (χ4n) is 4.78. The maximum Gasteiger partial charge on any atom is 0.200 e. The van der Waals surface area contributed by atoms with Gasteiger partial charge in [0.05, 0.1) is 13.2 Å². The molecule has 30 heavy (non-hydrogen) atoms. The molecule has 0 radical (unpaired) electrons. The van der Waals surface area contributed by atoms with Crippen molar-refractivity contribution in [2.75, 3.05) is 31.2 Å². The van der Waals surface area contributed by atoms with E-state index >= 15 is 4.39 Å². The van der Waals surface area contributed by atoms with Crippen molar-refractivity contribution >= 4 is 11.5 Å². The van der Waals surface area contributed by atoms with Crippen molar-refractivity contribution < 1.29 is 18.7 Å². The standard InChI is InChI=1S/C25H30FNO3/c1-3-29-22-14-19-17-25(26,24(28)21(19)15-23(22)30-4-2)16-18-10-12-27(13-11-18)20-8-6-5-7-9-20/h5-9,14-15,18H,3-4,10-13,16-17H2,1-2H3. The van der Waals surface area contributed by atoms with Crippen molar-refractivity contribution in [3.63, 3.8) is 0 Å². The monoisotopic (exact) mass is 411 g/mol. The van der Waals surface area contributed by atoms with Crippen LogP contribution in [-0.4, -0.2) is 37.8 Å². The fraction of sp³-hybridized carbons (Fsp3) is 0.480. The van der Waals surface area contributed by atoms with Crippen LogP contribution in [0.15, 0.2) is 42.5 Å². The predicted octanol–water partition coefficient (Wildman–Crippen LogP) is 5.24. The number of rotatable bonds is 7. The van der Waals surface area contributed by atoms with Gasteiger partial charge in [-0.05, 0) is 68.9 Å². The van der Waals surface area contributed by atoms with Crippen LogP contribution in [0.3, 0.4) is 0 Å². The van der Waals surface area contributed by atoms with Crippen molar-refractivity contribution in [2.24, 2.45) is 5.92 Å². The van der Waals surface area contributed by atoms with Crippen LogP contribution in [0.5, 0.6) is 11.5 Å². The van der Waals surface area contributed by atoms with E-state index < -0.39 is 11.5 Å². The van der Waals surface area contributed by atoms with Crippen LogP contribution in [-0.2, 0) is 6.42 Å². The summed E-state index contributed by atoms with van der Waals surface area (Å²) in [6.07, 6.45) is 2.22. The maximum absolute atomic E-state index is 15.9. The number of Topliss-reactive ketones (excluding diaryl/α,β-unsaturated/α-hetero) is 1. The molecule has 5 heteroatoms. The van der Waals surface area contributed by atoms with E-state index in [-0.39, 0.29) is 18.8 Å². The summed E-state index contributed by atoms with van der Waals surface area (Å²) in [5.41, 5.74) is 0.570. The van der Waals surface area contributed by atoms with Gasteiger partial charge < -0.3 is 14.4 Å². The second-order valence-corrected chi connectivity index (χ2v) is 8.26. The Bertz CT molecular complexity index is 893. The second-order valence-electron chi connectivity index (χ2n) is 8.26. The number of anilines is 1. The third-order valence-electron chi connectivity index (χ3n) is 6.24. The fourth-order valence-corrected chi connectivity index (χ4v) is 4.78. The van der Waals surface area contributed by atoms with Gasteiger partial charge in [-0.3, -0.25) is 4.79 Å². The van der Waals surface area contributed by atoms with Gasteiger partial charge in [-0.15, -0.1) is 0 Å². The molecule has 160 valence electrons. The average Bonchev–Trinajstić information content (AvgIpc) is 2.99. The number of alkyl halides is 1. The highest BCUT2D eigenvalue weighted by Gasteiger charge is 2.48. The zero-order valence-electron chi connectivity index (χ0n) is 17.8. The minimum atomic E-state index is -1.82. The normalized spacial score (nSPS) is 21.6. The summed E-state index contributed by atoms with van der Waals surface area (Å²) in [6.45, 7) is 6.53. The number of benzene rings is 2. The summed E-state index contributed by atoms with van der Waals surface area (Å²) in [5.74, 6) is 0.927. The lowest BCUT2D eigenvalue weighted by molar-refractivity contribution is 0.0636. The molecule has 1 fully saturated rings. The van der Waals surface area contributed by atoms with E-state index in [1.807, 2.05) is 32.0 Å². The molecule has 0 saturated carbocycles. The van der Waals surface area contributed by atoms with Gasteiger partial charge in [0.15, 0.2) is 17.2 Å². The lowest BCUT2D eigenvalue weighted by atomic mass is 9.83. The van der Waals surface area contributed by atoms with Crippen LogP contribution in [0, 0.1) is 5.92 Å². The highest BCUT2D eigenvalue weighted by Crippen LogP contribution is 2.44. The first-order chi connectivity index (χ1) is 14.5. The number of halogens is 1. The van der Waals surface area contributed by atoms with E-state index in [0.29, 0.717) is 30.3 Å². The van der Waals surface area contributed by atoms with E-state index in [1.165, 1.54) is 5.69 Å². The number of para-hydroxylation sites is 1. The molecule has 0 spiro atoms. The van der Waals surface area contributed by atoms with Gasteiger partial charge in [0.2, 0.25) is 5.78 Å². The predicted molar refractivity (Wildman–Crippen MR) is 117 cm³/mol. The molecule has 0 bridgehead atoms. The molecule has 2 aliphatic rings. The van der Waals surface area contributed by atoms with Gasteiger partial charge in [-0.1, -0.05) is 18.2 Å². The van der Waals surface area contributed by atoms with Crippen molar-refractivity contribution in [1.82, 2.24) is 0 Å². The van der Waals surface area contributed by atoms with E-state index in [1.54, 1.807) is 12.1 Å². The van der Waals surface area contributed by atoms with E-state index in [4.69, 9.17) is 9.47 Å². The third kappa shape index (κ3) is 4.03. The third-order valence-corrected chi connectivity index (χ3v) is 6.24. The van der Waals surface area contributed by atoms with Gasteiger partial charge >= 0.3 is 0 Å². The maximum atomic E-state index is 15.9. The molecule has 4 rings (SSSR count). The summed E-state index contributed by atoms with van der Waals surface area (Å²) in [7, 11) is 0. The average molecular weight is 412 g/mol. The molecular weight excluding hydrogens is 381 g/mol. The number of carbonyl (C=O) groups excluding carboxylic acids is 1. The van der Waals surface area contributed by atoms with Crippen molar-refractivity contribution in [2.45, 2.75) is 45.2 Å². The number of hydrogen-bond acceptors (Lipinski definition) is 4. The molecule has 2 aromatic rings. The van der Waals surface area contributed by atoms with Crippen LogP contribution in [0.2, 0.25) is 0 Å². The second kappa shape index (κ2) is 8.66. The first kappa shape index (κ1) is 20.7. The van der Waals surface area contributed by atoms with E-state index in [9.17, 15) is 4.79 Å². The highest BCUT2D eigenvalue weighted by molar-refractivity contribution is 6.07. The summed E-state index contributed by atoms with van der Waals surface area (Å²) >= 11 is 0. The number of piperidine rings is 1. The minimum absolute atomic E-state index is 0.131. The van der Waals surface area contributed by atoms with Gasteiger partial charge in [-0.25, -0.2) is 4.39 Å². The molecule has 0 amide bonds. The summed E-state index contributed by atoms with van der Waals surface area (Å²) in [5, 5.41) is 0. The smallest absolute Gasteiger partial charge is 0.200 e. The number of ether oxygens (including phenoxy) is 2. The Kier molecular flexibility index (Phi) is 5.98. The van der Waals surface area contributed by atoms with Crippen molar-refractivity contribution in [3.05, 3.63) is 53.6 Å². The van der Waals surface area contributed by atoms with Crippen LogP contribution in [0.25, 0.3) is 0 Å². The lowest BCUT2D eigenvalue weighted by Crippen LogP contribution is -2.39. The quantitative estimate of drug-likeness (QED) is 0.625. The van der Waals surface area contributed by atoms with Crippen LogP contribution >= 0.6 is 0 Å². The van der Waals surface area contributed by atoms with E-state index in [2.05, 4.69) is 17.0 Å². The number of fused-ring (bicyclic) bond motifs is 1. The summed E-state index contributed by atoms with van der Waals surface area (Å²) < 4.78 is 27.2. The van der Waals surface area contributed by atoms with Crippen LogP contribution < -0.4 is 14.4 Å². The molecule has 0 N–H and O–H groups in total. The number of nitrogens with zero attached hydrogens (tertiary/aromatic N) is 1. The van der Waals surface area contributed by atoms with Gasteiger partial charge in [0, 0.05) is 30.8 Å². The lowest BCUT2D eigenvalue weighted by Gasteiger charge is -2.35. The molecule has 4 nitrogen and oxygen atoms in total. The Balaban J connectivity index is 1.45. The Morgan fingerprint density at radius 3 is 2.30 bits per heavy atom. The van der Waals surface area contributed by atoms with Crippen LogP contribution in [0.4, 0.5) is 10.1 Å². The van der Waals surface area contributed by atoms with Crippen molar-refractivity contribution in [1.29, 1.82) is 0 Å². The molecule has 0 aromatic heterocycles. The molecule has 1 saturated heterocycles. The Labute approximate surface area is 178 Å². The number of ketones is 1. The Morgan fingerprint density at radius 1 is 1.03 bits per heavy atom. The van der Waals surface area contributed by atoms with E-state index in [0.717, 1.165) is 31.5 Å². The first-order valence-electron chi connectivity index (χ1n) is 11.0. The first-order valence-corrected chi connectivity index (χ1v) is 11.0. The van der Waals surface area contributed by atoms with Crippen molar-refractivity contribution in [3.8, 4) is 11.5 Å². The van der Waals surface area contributed by atoms with Gasteiger partial charge in [0.25, 0.3) is 0 Å². The molecule has 1 heterocycles. The highest BCUT2D eigenvalue weighted by atomic mass is 19.1. The van der Waals surface area contributed by atoms with Crippen LogP contribution in [0.1, 0.15) is 49.0 Å². The molecular formula is C25H30FNO3. The zero-order valence-corrected chi connectivity index (χ0v) is 17.8. The Morgan fingerprint density at radius 2 is 1.67 bits per heavy atom. The molecule has 1 aliphatic carbocycles. The number of carbonyl (C=O) groups is 1. The summed E-state index contributed by atoms with van der Waals surface area (Å²) in [4.78, 5) is 15.4.